The number of rotatable bonds is 5. The van der Waals surface area contributed by atoms with Crippen LogP contribution < -0.4 is 5.32 Å². The molecule has 0 aromatic heterocycles. The van der Waals surface area contributed by atoms with Crippen molar-refractivity contribution in [2.24, 2.45) is 0 Å². The van der Waals surface area contributed by atoms with Crippen LogP contribution in [0.25, 0.3) is 0 Å². The van der Waals surface area contributed by atoms with Crippen LogP contribution in [0.1, 0.15) is 42.6 Å². The second-order valence-corrected chi connectivity index (χ2v) is 6.11. The minimum absolute atomic E-state index is 0.435. The molecular weight excluding hydrogens is 282 g/mol. The van der Waals surface area contributed by atoms with Crippen molar-refractivity contribution in [3.05, 3.63) is 64.2 Å². The molecule has 3 heteroatoms. The van der Waals surface area contributed by atoms with Gasteiger partial charge in [-0.25, -0.2) is 0 Å². The molecule has 0 amide bonds. The zero-order chi connectivity index (χ0) is 15.4. The number of aryl methyl sites for hydroxylation is 1. The third-order valence-corrected chi connectivity index (χ3v) is 3.93. The van der Waals surface area contributed by atoms with E-state index in [0.29, 0.717) is 17.5 Å². The number of anilines is 1. The van der Waals surface area contributed by atoms with Crippen molar-refractivity contribution in [2.75, 3.05) is 11.9 Å². The van der Waals surface area contributed by atoms with E-state index in [1.54, 1.807) is 0 Å². The molecule has 0 aliphatic carbocycles. The van der Waals surface area contributed by atoms with E-state index in [9.17, 15) is 5.11 Å². The van der Waals surface area contributed by atoms with E-state index in [4.69, 9.17) is 11.6 Å². The minimum Gasteiger partial charge on any atom is -0.387 e. The summed E-state index contributed by atoms with van der Waals surface area (Å²) in [5.74, 6) is 0.500. The van der Waals surface area contributed by atoms with Gasteiger partial charge in [0.05, 0.1) is 16.8 Å². The number of aliphatic hydroxyl groups excluding tert-OH is 1. The second kappa shape index (κ2) is 6.97. The molecule has 21 heavy (non-hydrogen) atoms. The third-order valence-electron chi connectivity index (χ3n) is 3.60. The Morgan fingerprint density at radius 3 is 2.29 bits per heavy atom. The summed E-state index contributed by atoms with van der Waals surface area (Å²) < 4.78 is 0. The minimum atomic E-state index is -0.553. The maximum Gasteiger partial charge on any atom is 0.0962 e. The first-order chi connectivity index (χ1) is 9.97. The van der Waals surface area contributed by atoms with Crippen molar-refractivity contribution >= 4 is 17.3 Å². The van der Waals surface area contributed by atoms with Gasteiger partial charge in [0.25, 0.3) is 0 Å². The van der Waals surface area contributed by atoms with E-state index < -0.39 is 6.10 Å². The topological polar surface area (TPSA) is 32.3 Å². The first-order valence-corrected chi connectivity index (χ1v) is 7.63. The first-order valence-electron chi connectivity index (χ1n) is 7.25. The summed E-state index contributed by atoms with van der Waals surface area (Å²) in [6, 6.07) is 13.9. The standard InChI is InChI=1S/C18H22ClNO/c1-12(2)14-5-7-15(8-6-14)18(21)11-20-17-10-13(3)4-9-16(17)19/h4-10,12,18,20-21H,11H2,1-3H3. The molecule has 2 nitrogen and oxygen atoms in total. The lowest BCUT2D eigenvalue weighted by molar-refractivity contribution is 0.191. The van der Waals surface area contributed by atoms with E-state index in [2.05, 4.69) is 31.3 Å². The van der Waals surface area contributed by atoms with Gasteiger partial charge in [-0.1, -0.05) is 55.8 Å². The van der Waals surface area contributed by atoms with Gasteiger partial charge in [-0.15, -0.1) is 0 Å². The number of halogens is 1. The van der Waals surface area contributed by atoms with Crippen LogP contribution in [0.5, 0.6) is 0 Å². The van der Waals surface area contributed by atoms with Gasteiger partial charge in [0.15, 0.2) is 0 Å². The molecule has 0 heterocycles. The van der Waals surface area contributed by atoms with Crippen LogP contribution in [0.4, 0.5) is 5.69 Å². The highest BCUT2D eigenvalue weighted by Gasteiger charge is 2.09. The maximum atomic E-state index is 10.3. The van der Waals surface area contributed by atoms with Gasteiger partial charge in [0.2, 0.25) is 0 Å². The molecule has 1 unspecified atom stereocenters. The van der Waals surface area contributed by atoms with Crippen molar-refractivity contribution in [3.63, 3.8) is 0 Å². The molecule has 2 aromatic carbocycles. The Morgan fingerprint density at radius 1 is 1.05 bits per heavy atom. The Hall–Kier alpha value is -1.51. The fraction of sp³-hybridized carbons (Fsp3) is 0.333. The lowest BCUT2D eigenvalue weighted by Crippen LogP contribution is -2.12. The monoisotopic (exact) mass is 303 g/mol. The molecule has 2 aromatic rings. The van der Waals surface area contributed by atoms with Crippen LogP contribution in [0.15, 0.2) is 42.5 Å². The zero-order valence-electron chi connectivity index (χ0n) is 12.7. The summed E-state index contributed by atoms with van der Waals surface area (Å²) in [6.07, 6.45) is -0.553. The van der Waals surface area contributed by atoms with Gasteiger partial charge in [-0.3, -0.25) is 0 Å². The Bertz CT molecular complexity index is 593. The fourth-order valence-corrected chi connectivity index (χ4v) is 2.39. The normalized spacial score (nSPS) is 12.5. The number of nitrogens with one attached hydrogen (secondary N) is 1. The van der Waals surface area contributed by atoms with Gasteiger partial charge in [0.1, 0.15) is 0 Å². The predicted octanol–water partition coefficient (Wildman–Crippen LogP) is 4.92. The summed E-state index contributed by atoms with van der Waals surface area (Å²) in [7, 11) is 0. The summed E-state index contributed by atoms with van der Waals surface area (Å²) >= 11 is 6.14. The number of aliphatic hydroxyl groups is 1. The molecule has 0 spiro atoms. The second-order valence-electron chi connectivity index (χ2n) is 5.70. The molecule has 0 saturated heterocycles. The average molecular weight is 304 g/mol. The molecule has 0 radical (unpaired) electrons. The van der Waals surface area contributed by atoms with E-state index in [1.165, 1.54) is 5.56 Å². The first kappa shape index (κ1) is 15.9. The summed E-state index contributed by atoms with van der Waals surface area (Å²) in [5.41, 5.74) is 4.18. The number of hydrogen-bond acceptors (Lipinski definition) is 2. The van der Waals surface area contributed by atoms with Gasteiger partial charge in [-0.2, -0.15) is 0 Å². The van der Waals surface area contributed by atoms with Gasteiger partial charge >= 0.3 is 0 Å². The van der Waals surface area contributed by atoms with Crippen molar-refractivity contribution in [3.8, 4) is 0 Å². The summed E-state index contributed by atoms with van der Waals surface area (Å²) in [6.45, 7) is 6.77. The Balaban J connectivity index is 2.01. The van der Waals surface area contributed by atoms with E-state index >= 15 is 0 Å². The summed E-state index contributed by atoms with van der Waals surface area (Å²) in [4.78, 5) is 0. The van der Waals surface area contributed by atoms with Gasteiger partial charge in [0, 0.05) is 6.54 Å². The van der Waals surface area contributed by atoms with Crippen LogP contribution in [-0.2, 0) is 0 Å². The highest BCUT2D eigenvalue weighted by atomic mass is 35.5. The molecule has 0 aliphatic rings. The third kappa shape index (κ3) is 4.23. The van der Waals surface area contributed by atoms with Crippen LogP contribution in [0.2, 0.25) is 5.02 Å². The Morgan fingerprint density at radius 2 is 1.67 bits per heavy atom. The maximum absolute atomic E-state index is 10.3. The smallest absolute Gasteiger partial charge is 0.0962 e. The van der Waals surface area contributed by atoms with Crippen LogP contribution in [-0.4, -0.2) is 11.7 Å². The van der Waals surface area contributed by atoms with Crippen LogP contribution in [0.3, 0.4) is 0 Å². The van der Waals surface area contributed by atoms with Gasteiger partial charge in [-0.05, 0) is 41.7 Å². The van der Waals surface area contributed by atoms with E-state index in [-0.39, 0.29) is 0 Å². The van der Waals surface area contributed by atoms with E-state index in [0.717, 1.165) is 16.8 Å². The van der Waals surface area contributed by atoms with E-state index in [1.807, 2.05) is 37.3 Å². The molecule has 2 rings (SSSR count). The fourth-order valence-electron chi connectivity index (χ4n) is 2.20. The number of hydrogen-bond donors (Lipinski definition) is 2. The lowest BCUT2D eigenvalue weighted by Gasteiger charge is -2.15. The highest BCUT2D eigenvalue weighted by molar-refractivity contribution is 6.33. The molecule has 2 N–H and O–H groups in total. The molecule has 0 saturated carbocycles. The molecule has 112 valence electrons. The zero-order valence-corrected chi connectivity index (χ0v) is 13.5. The van der Waals surface area contributed by atoms with Crippen LogP contribution in [0, 0.1) is 6.92 Å². The largest absolute Gasteiger partial charge is 0.387 e. The molecule has 0 aliphatic heterocycles. The average Bonchev–Trinajstić information content (AvgIpc) is 2.48. The van der Waals surface area contributed by atoms with Crippen molar-refractivity contribution < 1.29 is 5.11 Å². The molecule has 0 bridgehead atoms. The van der Waals surface area contributed by atoms with Gasteiger partial charge < -0.3 is 10.4 Å². The number of benzene rings is 2. The quantitative estimate of drug-likeness (QED) is 0.822. The Labute approximate surface area is 131 Å². The Kier molecular flexibility index (Phi) is 5.27. The van der Waals surface area contributed by atoms with Crippen molar-refractivity contribution in [1.29, 1.82) is 0 Å². The lowest BCUT2D eigenvalue weighted by atomic mass is 10.00. The highest BCUT2D eigenvalue weighted by Crippen LogP contribution is 2.24. The van der Waals surface area contributed by atoms with Crippen LogP contribution >= 0.6 is 11.6 Å². The predicted molar refractivity (Wildman–Crippen MR) is 90.2 cm³/mol. The van der Waals surface area contributed by atoms with Crippen molar-refractivity contribution in [1.82, 2.24) is 0 Å². The molecule has 0 fully saturated rings. The molecular formula is C18H22ClNO. The molecule has 1 atom stereocenters. The van der Waals surface area contributed by atoms with Crippen molar-refractivity contribution in [2.45, 2.75) is 32.8 Å². The SMILES string of the molecule is Cc1ccc(Cl)c(NCC(O)c2ccc(C(C)C)cc2)c1. The summed E-state index contributed by atoms with van der Waals surface area (Å²) in [5, 5.41) is 14.1.